The number of allylic oxidation sites excluding steroid dienone is 1. The molecule has 88 valence electrons. The Kier molecular flexibility index (Phi) is 6.64. The molecule has 0 bridgehead atoms. The van der Waals surface area contributed by atoms with Crippen molar-refractivity contribution in [1.82, 2.24) is 0 Å². The number of benzene rings is 1. The lowest BCUT2D eigenvalue weighted by molar-refractivity contribution is 0.683. The lowest BCUT2D eigenvalue weighted by Gasteiger charge is -2.08. The van der Waals surface area contributed by atoms with Gasteiger partial charge in [0.25, 0.3) is 0 Å². The van der Waals surface area contributed by atoms with Crippen molar-refractivity contribution in [2.75, 3.05) is 0 Å². The van der Waals surface area contributed by atoms with Gasteiger partial charge >= 0.3 is 0 Å². The summed E-state index contributed by atoms with van der Waals surface area (Å²) in [6.07, 6.45) is 10.8. The third-order valence-corrected chi connectivity index (χ3v) is 2.99. The van der Waals surface area contributed by atoms with E-state index in [1.54, 1.807) is 11.1 Å². The summed E-state index contributed by atoms with van der Waals surface area (Å²) in [5.74, 6) is 0. The molecule has 0 radical (unpaired) electrons. The summed E-state index contributed by atoms with van der Waals surface area (Å²) in [5.41, 5.74) is 3.11. The van der Waals surface area contributed by atoms with Crippen LogP contribution in [-0.2, 0) is 12.8 Å². The maximum absolute atomic E-state index is 3.75. The predicted molar refractivity (Wildman–Crippen MR) is 72.8 cm³/mol. The summed E-state index contributed by atoms with van der Waals surface area (Å²) in [5, 5.41) is 0. The molecule has 1 rings (SSSR count). The molecule has 0 N–H and O–H groups in total. The second-order valence-corrected chi connectivity index (χ2v) is 4.41. The number of hydrogen-bond donors (Lipinski definition) is 0. The molecular formula is C16H24. The van der Waals surface area contributed by atoms with Crippen LogP contribution in [0.25, 0.3) is 0 Å². The maximum Gasteiger partial charge on any atom is -0.0276 e. The summed E-state index contributed by atoms with van der Waals surface area (Å²) in [4.78, 5) is 0. The van der Waals surface area contributed by atoms with E-state index < -0.39 is 0 Å². The Morgan fingerprint density at radius 2 is 1.69 bits per heavy atom. The molecule has 0 heterocycles. The highest BCUT2D eigenvalue weighted by molar-refractivity contribution is 5.27. The highest BCUT2D eigenvalue weighted by atomic mass is 14.1. The van der Waals surface area contributed by atoms with Crippen molar-refractivity contribution < 1.29 is 0 Å². The van der Waals surface area contributed by atoms with Crippen LogP contribution in [0.4, 0.5) is 0 Å². The van der Waals surface area contributed by atoms with Crippen molar-refractivity contribution in [3.63, 3.8) is 0 Å². The molecular weight excluding hydrogens is 192 g/mol. The maximum atomic E-state index is 3.75. The van der Waals surface area contributed by atoms with Crippen LogP contribution >= 0.6 is 0 Å². The van der Waals surface area contributed by atoms with Gasteiger partial charge in [-0.1, -0.05) is 50.1 Å². The zero-order valence-corrected chi connectivity index (χ0v) is 10.5. The van der Waals surface area contributed by atoms with Gasteiger partial charge in [0.2, 0.25) is 0 Å². The van der Waals surface area contributed by atoms with Crippen molar-refractivity contribution in [3.05, 3.63) is 48.0 Å². The Labute approximate surface area is 100 Å². The fourth-order valence-corrected chi connectivity index (χ4v) is 2.10. The van der Waals surface area contributed by atoms with E-state index in [4.69, 9.17) is 0 Å². The first-order valence-corrected chi connectivity index (χ1v) is 6.56. The van der Waals surface area contributed by atoms with Gasteiger partial charge in [0, 0.05) is 0 Å². The summed E-state index contributed by atoms with van der Waals surface area (Å²) in [7, 11) is 0. The highest BCUT2D eigenvalue weighted by Gasteiger charge is 2.00. The van der Waals surface area contributed by atoms with Gasteiger partial charge < -0.3 is 0 Å². The zero-order chi connectivity index (χ0) is 11.6. The van der Waals surface area contributed by atoms with Crippen LogP contribution in [0, 0.1) is 0 Å². The number of hydrogen-bond acceptors (Lipinski definition) is 0. The number of aryl methyl sites for hydroxylation is 2. The molecule has 0 atom stereocenters. The first-order valence-electron chi connectivity index (χ1n) is 6.56. The van der Waals surface area contributed by atoms with Crippen molar-refractivity contribution in [3.8, 4) is 0 Å². The van der Waals surface area contributed by atoms with Gasteiger partial charge in [-0.3, -0.25) is 0 Å². The van der Waals surface area contributed by atoms with Crippen molar-refractivity contribution >= 4 is 0 Å². The quantitative estimate of drug-likeness (QED) is 0.427. The minimum atomic E-state index is 1.16. The van der Waals surface area contributed by atoms with Crippen molar-refractivity contribution in [2.24, 2.45) is 0 Å². The first-order chi connectivity index (χ1) is 7.88. The molecule has 0 amide bonds. The van der Waals surface area contributed by atoms with Gasteiger partial charge in [0.15, 0.2) is 0 Å². The predicted octanol–water partition coefficient (Wildman–Crippen LogP) is 4.93. The van der Waals surface area contributed by atoms with E-state index in [2.05, 4.69) is 37.8 Å². The molecule has 0 fully saturated rings. The van der Waals surface area contributed by atoms with Gasteiger partial charge in [-0.2, -0.15) is 0 Å². The van der Waals surface area contributed by atoms with E-state index in [-0.39, 0.29) is 0 Å². The fourth-order valence-electron chi connectivity index (χ4n) is 2.10. The Hall–Kier alpha value is -1.04. The summed E-state index contributed by atoms with van der Waals surface area (Å²) < 4.78 is 0. The van der Waals surface area contributed by atoms with E-state index in [0.29, 0.717) is 0 Å². The van der Waals surface area contributed by atoms with Crippen LogP contribution in [-0.4, -0.2) is 0 Å². The largest absolute Gasteiger partial charge is 0.103 e. The molecule has 0 aliphatic rings. The second-order valence-electron chi connectivity index (χ2n) is 4.41. The van der Waals surface area contributed by atoms with E-state index in [0.717, 1.165) is 6.42 Å². The lowest BCUT2D eigenvalue weighted by atomic mass is 9.98. The molecule has 0 aliphatic carbocycles. The SMILES string of the molecule is C=CCCCCCc1ccccc1CCC. The highest BCUT2D eigenvalue weighted by Crippen LogP contribution is 2.14. The van der Waals surface area contributed by atoms with Crippen LogP contribution in [0.5, 0.6) is 0 Å². The average molecular weight is 216 g/mol. The van der Waals surface area contributed by atoms with E-state index in [1.807, 2.05) is 6.08 Å². The third kappa shape index (κ3) is 4.65. The molecule has 0 aromatic heterocycles. The summed E-state index contributed by atoms with van der Waals surface area (Å²) in [6, 6.07) is 8.89. The Balaban J connectivity index is 2.37. The lowest BCUT2D eigenvalue weighted by Crippen LogP contribution is -1.94. The van der Waals surface area contributed by atoms with Gasteiger partial charge in [-0.05, 0) is 43.2 Å². The standard InChI is InChI=1S/C16H24/c1-3-5-6-7-8-12-16-14-10-9-13-15(16)11-4-2/h3,9-10,13-14H,1,4-8,11-12H2,2H3. The molecule has 1 aromatic carbocycles. The van der Waals surface area contributed by atoms with Crippen LogP contribution < -0.4 is 0 Å². The first kappa shape index (κ1) is 13.0. The Bertz CT molecular complexity index is 299. The Morgan fingerprint density at radius 1 is 1.00 bits per heavy atom. The van der Waals surface area contributed by atoms with Crippen molar-refractivity contribution in [2.45, 2.75) is 51.9 Å². The Morgan fingerprint density at radius 3 is 2.31 bits per heavy atom. The molecule has 0 heteroatoms. The average Bonchev–Trinajstić information content (AvgIpc) is 2.31. The molecule has 1 aromatic rings. The fraction of sp³-hybridized carbons (Fsp3) is 0.500. The molecule has 0 saturated carbocycles. The minimum absolute atomic E-state index is 1.16. The normalized spacial score (nSPS) is 10.3. The summed E-state index contributed by atoms with van der Waals surface area (Å²) >= 11 is 0. The molecule has 16 heavy (non-hydrogen) atoms. The van der Waals surface area contributed by atoms with Crippen molar-refractivity contribution in [1.29, 1.82) is 0 Å². The molecule has 0 unspecified atom stereocenters. The monoisotopic (exact) mass is 216 g/mol. The van der Waals surface area contributed by atoms with Gasteiger partial charge in [-0.15, -0.1) is 6.58 Å². The van der Waals surface area contributed by atoms with Crippen LogP contribution in [0.2, 0.25) is 0 Å². The van der Waals surface area contributed by atoms with Gasteiger partial charge in [0.05, 0.1) is 0 Å². The molecule has 0 aliphatic heterocycles. The second kappa shape index (κ2) is 8.15. The molecule has 0 spiro atoms. The van der Waals surface area contributed by atoms with E-state index >= 15 is 0 Å². The number of rotatable bonds is 8. The number of unbranched alkanes of at least 4 members (excludes halogenated alkanes) is 3. The molecule has 0 saturated heterocycles. The van der Waals surface area contributed by atoms with Crippen LogP contribution in [0.15, 0.2) is 36.9 Å². The smallest absolute Gasteiger partial charge is 0.0276 e. The van der Waals surface area contributed by atoms with Crippen LogP contribution in [0.1, 0.15) is 50.2 Å². The third-order valence-electron chi connectivity index (χ3n) is 2.99. The zero-order valence-electron chi connectivity index (χ0n) is 10.5. The van der Waals surface area contributed by atoms with Crippen LogP contribution in [0.3, 0.4) is 0 Å². The van der Waals surface area contributed by atoms with Gasteiger partial charge in [0.1, 0.15) is 0 Å². The van der Waals surface area contributed by atoms with E-state index in [1.165, 1.54) is 38.5 Å². The van der Waals surface area contributed by atoms with E-state index in [9.17, 15) is 0 Å². The topological polar surface area (TPSA) is 0 Å². The summed E-state index contributed by atoms with van der Waals surface area (Å²) in [6.45, 7) is 6.01. The molecule has 0 nitrogen and oxygen atoms in total. The minimum Gasteiger partial charge on any atom is -0.103 e. The van der Waals surface area contributed by atoms with Gasteiger partial charge in [-0.25, -0.2) is 0 Å².